The zero-order valence-corrected chi connectivity index (χ0v) is 15.8. The second-order valence-electron chi connectivity index (χ2n) is 6.90. The number of unbranched alkanes of at least 4 members (excludes halogenated alkanes) is 1. The summed E-state index contributed by atoms with van der Waals surface area (Å²) in [7, 11) is 0. The molecule has 0 radical (unpaired) electrons. The van der Waals surface area contributed by atoms with E-state index in [0.29, 0.717) is 5.56 Å². The Morgan fingerprint density at radius 2 is 1.71 bits per heavy atom. The van der Waals surface area contributed by atoms with Gasteiger partial charge in [-0.15, -0.1) is 0 Å². The molecule has 0 amide bonds. The Hall–Kier alpha value is -2.98. The van der Waals surface area contributed by atoms with Gasteiger partial charge in [0.25, 0.3) is 0 Å². The number of pyridine rings is 1. The van der Waals surface area contributed by atoms with E-state index in [-0.39, 0.29) is 17.7 Å². The van der Waals surface area contributed by atoms with Gasteiger partial charge in [-0.1, -0.05) is 48.6 Å². The molecule has 2 aromatic carbocycles. The molecule has 2 N–H and O–H groups in total. The lowest BCUT2D eigenvalue weighted by Crippen LogP contribution is -1.97. The van der Waals surface area contributed by atoms with E-state index in [0.717, 1.165) is 41.6 Å². The van der Waals surface area contributed by atoms with Crippen molar-refractivity contribution in [2.45, 2.75) is 32.3 Å². The third kappa shape index (κ3) is 5.27. The number of aliphatic hydroxyl groups excluding tert-OH is 1. The zero-order chi connectivity index (χ0) is 19.9. The van der Waals surface area contributed by atoms with Crippen LogP contribution in [0.15, 0.2) is 66.9 Å². The SMILES string of the molecule is CC(O)CCCC=Cc1ccc(-c2ccc(-c3ccc(O)cn3)cc2)cc1F. The number of nitrogens with zero attached hydrogens (tertiary/aromatic N) is 1. The number of hydrogen-bond donors (Lipinski definition) is 2. The number of rotatable bonds is 7. The molecular formula is C24H24FNO2. The Kier molecular flexibility index (Phi) is 6.56. The van der Waals surface area contributed by atoms with Crippen LogP contribution in [0.3, 0.4) is 0 Å². The Balaban J connectivity index is 1.69. The summed E-state index contributed by atoms with van der Waals surface area (Å²) in [6, 6.07) is 16.3. The minimum Gasteiger partial charge on any atom is -0.506 e. The molecule has 1 atom stereocenters. The molecular weight excluding hydrogens is 353 g/mol. The van der Waals surface area contributed by atoms with Gasteiger partial charge in [-0.05, 0) is 55.5 Å². The lowest BCUT2D eigenvalue weighted by molar-refractivity contribution is 0.182. The van der Waals surface area contributed by atoms with E-state index in [1.165, 1.54) is 6.20 Å². The van der Waals surface area contributed by atoms with Crippen molar-refractivity contribution in [1.29, 1.82) is 0 Å². The highest BCUT2D eigenvalue weighted by Crippen LogP contribution is 2.26. The van der Waals surface area contributed by atoms with E-state index in [1.54, 1.807) is 37.3 Å². The van der Waals surface area contributed by atoms with Crippen LogP contribution in [-0.4, -0.2) is 21.3 Å². The monoisotopic (exact) mass is 377 g/mol. The summed E-state index contributed by atoms with van der Waals surface area (Å²) in [5.41, 5.74) is 4.00. The topological polar surface area (TPSA) is 53.4 Å². The number of hydrogen-bond acceptors (Lipinski definition) is 3. The summed E-state index contributed by atoms with van der Waals surface area (Å²) >= 11 is 0. The van der Waals surface area contributed by atoms with E-state index in [4.69, 9.17) is 0 Å². The molecule has 4 heteroatoms. The molecule has 3 aromatic rings. The second-order valence-corrected chi connectivity index (χ2v) is 6.90. The number of benzene rings is 2. The van der Waals surface area contributed by atoms with E-state index in [2.05, 4.69) is 4.98 Å². The highest BCUT2D eigenvalue weighted by molar-refractivity contribution is 5.70. The predicted octanol–water partition coefficient (Wildman–Crippen LogP) is 5.82. The van der Waals surface area contributed by atoms with Gasteiger partial charge in [-0.2, -0.15) is 0 Å². The molecule has 0 aliphatic carbocycles. The number of aliphatic hydroxyl groups is 1. The molecule has 1 heterocycles. The predicted molar refractivity (Wildman–Crippen MR) is 111 cm³/mol. The van der Waals surface area contributed by atoms with Crippen LogP contribution in [0.5, 0.6) is 5.75 Å². The van der Waals surface area contributed by atoms with Crippen molar-refractivity contribution in [3.05, 3.63) is 78.3 Å². The first-order chi connectivity index (χ1) is 13.5. The number of halogens is 1. The van der Waals surface area contributed by atoms with Gasteiger partial charge in [0.15, 0.2) is 0 Å². The first-order valence-corrected chi connectivity index (χ1v) is 9.43. The van der Waals surface area contributed by atoms with Crippen LogP contribution in [0.25, 0.3) is 28.5 Å². The summed E-state index contributed by atoms with van der Waals surface area (Å²) < 4.78 is 14.4. The molecule has 1 unspecified atom stereocenters. The molecule has 3 rings (SSSR count). The van der Waals surface area contributed by atoms with Crippen molar-refractivity contribution in [3.8, 4) is 28.1 Å². The maximum atomic E-state index is 14.4. The molecule has 1 aromatic heterocycles. The first-order valence-electron chi connectivity index (χ1n) is 9.43. The minimum absolute atomic E-state index is 0.132. The molecule has 0 fully saturated rings. The summed E-state index contributed by atoms with van der Waals surface area (Å²) in [4.78, 5) is 4.20. The molecule has 0 saturated carbocycles. The van der Waals surface area contributed by atoms with Crippen LogP contribution in [0, 0.1) is 5.82 Å². The molecule has 0 aliphatic rings. The van der Waals surface area contributed by atoms with Crippen molar-refractivity contribution >= 4 is 6.08 Å². The minimum atomic E-state index is -0.291. The lowest BCUT2D eigenvalue weighted by Gasteiger charge is -2.06. The second kappa shape index (κ2) is 9.29. The molecule has 3 nitrogen and oxygen atoms in total. The highest BCUT2D eigenvalue weighted by Gasteiger charge is 2.05. The van der Waals surface area contributed by atoms with Gasteiger partial charge in [0.1, 0.15) is 11.6 Å². The van der Waals surface area contributed by atoms with Gasteiger partial charge in [0.05, 0.1) is 18.0 Å². The van der Waals surface area contributed by atoms with Gasteiger partial charge in [-0.3, -0.25) is 4.98 Å². The van der Waals surface area contributed by atoms with Crippen molar-refractivity contribution < 1.29 is 14.6 Å². The van der Waals surface area contributed by atoms with Crippen LogP contribution in [0.1, 0.15) is 31.7 Å². The van der Waals surface area contributed by atoms with Gasteiger partial charge < -0.3 is 10.2 Å². The van der Waals surface area contributed by atoms with Crippen LogP contribution in [-0.2, 0) is 0 Å². The first kappa shape index (κ1) is 19.8. The highest BCUT2D eigenvalue weighted by atomic mass is 19.1. The molecule has 28 heavy (non-hydrogen) atoms. The largest absolute Gasteiger partial charge is 0.506 e. The van der Waals surface area contributed by atoms with Gasteiger partial charge in [0.2, 0.25) is 0 Å². The van der Waals surface area contributed by atoms with Crippen molar-refractivity contribution in [2.24, 2.45) is 0 Å². The number of aromatic hydroxyl groups is 1. The van der Waals surface area contributed by atoms with Gasteiger partial charge >= 0.3 is 0 Å². The number of aromatic nitrogens is 1. The van der Waals surface area contributed by atoms with Crippen molar-refractivity contribution in [3.63, 3.8) is 0 Å². The Morgan fingerprint density at radius 1 is 1.00 bits per heavy atom. The van der Waals surface area contributed by atoms with E-state index >= 15 is 0 Å². The quantitative estimate of drug-likeness (QED) is 0.510. The van der Waals surface area contributed by atoms with Crippen LogP contribution in [0.2, 0.25) is 0 Å². The fourth-order valence-corrected chi connectivity index (χ4v) is 2.97. The number of allylic oxidation sites excluding steroid dienone is 1. The summed E-state index contributed by atoms with van der Waals surface area (Å²) in [5.74, 6) is -0.124. The maximum absolute atomic E-state index is 14.4. The smallest absolute Gasteiger partial charge is 0.133 e. The van der Waals surface area contributed by atoms with E-state index < -0.39 is 0 Å². The van der Waals surface area contributed by atoms with Crippen LogP contribution in [0.4, 0.5) is 4.39 Å². The summed E-state index contributed by atoms with van der Waals surface area (Å²) in [6.07, 6.45) is 7.31. The third-order valence-electron chi connectivity index (χ3n) is 4.55. The maximum Gasteiger partial charge on any atom is 0.133 e. The van der Waals surface area contributed by atoms with Crippen molar-refractivity contribution in [2.75, 3.05) is 0 Å². The van der Waals surface area contributed by atoms with Gasteiger partial charge in [0, 0.05) is 11.1 Å². The fraction of sp³-hybridized carbons (Fsp3) is 0.208. The third-order valence-corrected chi connectivity index (χ3v) is 4.55. The summed E-state index contributed by atoms with van der Waals surface area (Å²) in [6.45, 7) is 1.77. The Morgan fingerprint density at radius 3 is 2.36 bits per heavy atom. The molecule has 0 bridgehead atoms. The van der Waals surface area contributed by atoms with Crippen molar-refractivity contribution in [1.82, 2.24) is 4.98 Å². The lowest BCUT2D eigenvalue weighted by atomic mass is 10.0. The molecule has 144 valence electrons. The zero-order valence-electron chi connectivity index (χ0n) is 15.8. The average molecular weight is 377 g/mol. The van der Waals surface area contributed by atoms with E-state index in [1.807, 2.05) is 36.4 Å². The van der Waals surface area contributed by atoms with Gasteiger partial charge in [-0.25, -0.2) is 4.39 Å². The molecule has 0 saturated heterocycles. The normalized spacial score (nSPS) is 12.4. The average Bonchev–Trinajstić information content (AvgIpc) is 2.69. The van der Waals surface area contributed by atoms with E-state index in [9.17, 15) is 14.6 Å². The fourth-order valence-electron chi connectivity index (χ4n) is 2.97. The molecule has 0 aliphatic heterocycles. The van der Waals surface area contributed by atoms with Crippen LogP contribution < -0.4 is 0 Å². The Bertz CT molecular complexity index is 932. The molecule has 0 spiro atoms. The Labute approximate surface area is 164 Å². The summed E-state index contributed by atoms with van der Waals surface area (Å²) in [5, 5.41) is 18.6. The standard InChI is InChI=1S/C24H24FNO2/c1-17(27)5-3-2-4-6-19-9-12-21(15-23(19)25)18-7-10-20(11-8-18)24-14-13-22(28)16-26-24/h4,6-17,27-28H,2-3,5H2,1H3. The van der Waals surface area contributed by atoms with Crippen LogP contribution >= 0.6 is 0 Å².